The number of alkyl halides is 3. The molecule has 132 valence electrons. The summed E-state index contributed by atoms with van der Waals surface area (Å²) in [6.45, 7) is 8.55. The Morgan fingerprint density at radius 1 is 1.35 bits per heavy atom. The lowest BCUT2D eigenvalue weighted by Crippen LogP contribution is -2.36. The number of amides is 1. The van der Waals surface area contributed by atoms with Crippen molar-refractivity contribution in [2.24, 2.45) is 5.41 Å². The molecule has 1 aromatic rings. The van der Waals surface area contributed by atoms with Crippen molar-refractivity contribution in [1.82, 2.24) is 15.1 Å². The molecule has 1 aromatic heterocycles. The minimum absolute atomic E-state index is 0.154. The van der Waals surface area contributed by atoms with Gasteiger partial charge in [-0.1, -0.05) is 13.8 Å². The fourth-order valence-corrected chi connectivity index (χ4v) is 2.49. The molecular weight excluding hydrogens is 311 g/mol. The summed E-state index contributed by atoms with van der Waals surface area (Å²) >= 11 is 0. The standard InChI is InChI=1S/C15H24F3N3O2/c1-9(2)21-12(15(16,17)18)11(7-20-21)13(23)19-8-14(4,5)6-10(3)22/h7,9-10,22H,6,8H2,1-5H3,(H,19,23). The number of nitrogens with zero attached hydrogens (tertiary/aromatic N) is 2. The van der Waals surface area contributed by atoms with Crippen molar-refractivity contribution in [3.63, 3.8) is 0 Å². The van der Waals surface area contributed by atoms with E-state index in [9.17, 15) is 23.1 Å². The maximum Gasteiger partial charge on any atom is 0.433 e. The molecule has 0 aliphatic rings. The summed E-state index contributed by atoms with van der Waals surface area (Å²) in [6.07, 6.45) is -3.86. The van der Waals surface area contributed by atoms with Gasteiger partial charge in [0, 0.05) is 12.6 Å². The van der Waals surface area contributed by atoms with E-state index in [-0.39, 0.29) is 6.54 Å². The number of halogens is 3. The van der Waals surface area contributed by atoms with Crippen molar-refractivity contribution in [2.75, 3.05) is 6.54 Å². The summed E-state index contributed by atoms with van der Waals surface area (Å²) in [5, 5.41) is 15.6. The van der Waals surface area contributed by atoms with E-state index >= 15 is 0 Å². The molecule has 0 saturated heterocycles. The number of hydrogen-bond acceptors (Lipinski definition) is 3. The first kappa shape index (κ1) is 19.5. The molecule has 0 fully saturated rings. The van der Waals surface area contributed by atoms with Crippen LogP contribution in [0.5, 0.6) is 0 Å². The number of rotatable bonds is 6. The van der Waals surface area contributed by atoms with Gasteiger partial charge in [0.2, 0.25) is 0 Å². The quantitative estimate of drug-likeness (QED) is 0.840. The third kappa shape index (κ3) is 5.23. The number of aliphatic hydroxyl groups is 1. The zero-order valence-electron chi connectivity index (χ0n) is 14.0. The lowest BCUT2D eigenvalue weighted by Gasteiger charge is -2.26. The molecule has 8 heteroatoms. The lowest BCUT2D eigenvalue weighted by atomic mass is 9.87. The zero-order chi connectivity index (χ0) is 18.0. The summed E-state index contributed by atoms with van der Waals surface area (Å²) < 4.78 is 40.5. The Morgan fingerprint density at radius 3 is 2.35 bits per heavy atom. The molecule has 0 saturated carbocycles. The summed E-state index contributed by atoms with van der Waals surface area (Å²) in [7, 11) is 0. The molecule has 0 bridgehead atoms. The van der Waals surface area contributed by atoms with Gasteiger partial charge < -0.3 is 10.4 Å². The molecule has 1 amide bonds. The first-order valence-electron chi connectivity index (χ1n) is 7.46. The van der Waals surface area contributed by atoms with Crippen LogP contribution in [0, 0.1) is 5.41 Å². The lowest BCUT2D eigenvalue weighted by molar-refractivity contribution is -0.145. The van der Waals surface area contributed by atoms with Gasteiger partial charge in [0.25, 0.3) is 5.91 Å². The molecule has 0 aromatic carbocycles. The Labute approximate surface area is 133 Å². The summed E-state index contributed by atoms with van der Waals surface area (Å²) in [5.74, 6) is -0.817. The van der Waals surface area contributed by atoms with E-state index in [2.05, 4.69) is 10.4 Å². The van der Waals surface area contributed by atoms with Crippen LogP contribution >= 0.6 is 0 Å². The average molecular weight is 335 g/mol. The van der Waals surface area contributed by atoms with Gasteiger partial charge in [0.15, 0.2) is 5.69 Å². The van der Waals surface area contributed by atoms with Gasteiger partial charge in [-0.3, -0.25) is 9.48 Å². The molecule has 2 N–H and O–H groups in total. The highest BCUT2D eigenvalue weighted by molar-refractivity contribution is 5.95. The van der Waals surface area contributed by atoms with Gasteiger partial charge in [-0.15, -0.1) is 0 Å². The van der Waals surface area contributed by atoms with Crippen LogP contribution in [0.4, 0.5) is 13.2 Å². The second-order valence-corrected chi connectivity index (χ2v) is 6.84. The fourth-order valence-electron chi connectivity index (χ4n) is 2.49. The maximum atomic E-state index is 13.2. The van der Waals surface area contributed by atoms with Gasteiger partial charge in [-0.2, -0.15) is 18.3 Å². The highest BCUT2D eigenvalue weighted by Crippen LogP contribution is 2.33. The van der Waals surface area contributed by atoms with Gasteiger partial charge in [0.05, 0.1) is 17.9 Å². The smallest absolute Gasteiger partial charge is 0.393 e. The van der Waals surface area contributed by atoms with Crippen LogP contribution in [0.1, 0.15) is 63.1 Å². The minimum Gasteiger partial charge on any atom is -0.393 e. The predicted octanol–water partition coefficient (Wildman–Crippen LogP) is 3.01. The Hall–Kier alpha value is -1.57. The number of carbonyl (C=O) groups is 1. The topological polar surface area (TPSA) is 67.2 Å². The highest BCUT2D eigenvalue weighted by atomic mass is 19.4. The number of nitrogens with one attached hydrogen (secondary N) is 1. The maximum absolute atomic E-state index is 13.2. The Kier molecular flexibility index (Phi) is 5.84. The third-order valence-electron chi connectivity index (χ3n) is 3.37. The van der Waals surface area contributed by atoms with Crippen molar-refractivity contribution in [2.45, 2.75) is 59.4 Å². The monoisotopic (exact) mass is 335 g/mol. The second kappa shape index (κ2) is 6.90. The van der Waals surface area contributed by atoms with E-state index < -0.39 is 40.9 Å². The number of aromatic nitrogens is 2. The first-order valence-corrected chi connectivity index (χ1v) is 7.46. The van der Waals surface area contributed by atoms with E-state index in [1.807, 2.05) is 13.8 Å². The molecule has 0 aliphatic carbocycles. The Balaban J connectivity index is 2.97. The van der Waals surface area contributed by atoms with Gasteiger partial charge in [-0.05, 0) is 32.6 Å². The Bertz CT molecular complexity index is 549. The number of aliphatic hydroxyl groups excluding tert-OH is 1. The van der Waals surface area contributed by atoms with E-state index in [0.717, 1.165) is 10.9 Å². The SMILES string of the molecule is CC(O)CC(C)(C)CNC(=O)c1cnn(C(C)C)c1C(F)(F)F. The Morgan fingerprint density at radius 2 is 1.91 bits per heavy atom. The van der Waals surface area contributed by atoms with Crippen molar-refractivity contribution >= 4 is 5.91 Å². The molecule has 1 atom stereocenters. The van der Waals surface area contributed by atoms with Crippen molar-refractivity contribution < 1.29 is 23.1 Å². The average Bonchev–Trinajstić information content (AvgIpc) is 2.79. The fraction of sp³-hybridized carbons (Fsp3) is 0.733. The summed E-state index contributed by atoms with van der Waals surface area (Å²) in [5.41, 5.74) is -1.96. The summed E-state index contributed by atoms with van der Waals surface area (Å²) in [4.78, 5) is 12.2. The highest BCUT2D eigenvalue weighted by Gasteiger charge is 2.40. The van der Waals surface area contributed by atoms with Crippen molar-refractivity contribution in [3.05, 3.63) is 17.5 Å². The van der Waals surface area contributed by atoms with E-state index in [1.54, 1.807) is 20.8 Å². The van der Waals surface area contributed by atoms with Crippen LogP contribution in [0.3, 0.4) is 0 Å². The molecule has 0 spiro atoms. The van der Waals surface area contributed by atoms with Crippen molar-refractivity contribution in [1.29, 1.82) is 0 Å². The van der Waals surface area contributed by atoms with Gasteiger partial charge in [0.1, 0.15) is 0 Å². The number of carbonyl (C=O) groups excluding carboxylic acids is 1. The zero-order valence-corrected chi connectivity index (χ0v) is 14.0. The second-order valence-electron chi connectivity index (χ2n) is 6.84. The van der Waals surface area contributed by atoms with Crippen LogP contribution in [-0.4, -0.2) is 33.4 Å². The molecule has 23 heavy (non-hydrogen) atoms. The number of hydrogen-bond donors (Lipinski definition) is 2. The van der Waals surface area contributed by atoms with Crippen LogP contribution in [0.15, 0.2) is 6.20 Å². The molecular formula is C15H24F3N3O2. The van der Waals surface area contributed by atoms with Gasteiger partial charge >= 0.3 is 6.18 Å². The molecule has 5 nitrogen and oxygen atoms in total. The molecule has 1 rings (SSSR count). The molecule has 1 unspecified atom stereocenters. The molecule has 0 aliphatic heterocycles. The third-order valence-corrected chi connectivity index (χ3v) is 3.37. The van der Waals surface area contributed by atoms with Crippen LogP contribution in [-0.2, 0) is 6.18 Å². The predicted molar refractivity (Wildman–Crippen MR) is 80.0 cm³/mol. The first-order chi connectivity index (χ1) is 10.3. The van der Waals surface area contributed by atoms with Crippen LogP contribution in [0.2, 0.25) is 0 Å². The largest absolute Gasteiger partial charge is 0.433 e. The summed E-state index contributed by atoms with van der Waals surface area (Å²) in [6, 6.07) is -0.514. The molecule has 1 heterocycles. The van der Waals surface area contributed by atoms with E-state index in [0.29, 0.717) is 6.42 Å². The van der Waals surface area contributed by atoms with Crippen LogP contribution < -0.4 is 5.32 Å². The normalized spacial score (nSPS) is 14.2. The van der Waals surface area contributed by atoms with Crippen molar-refractivity contribution in [3.8, 4) is 0 Å². The van der Waals surface area contributed by atoms with Gasteiger partial charge in [-0.25, -0.2) is 0 Å². The van der Waals surface area contributed by atoms with E-state index in [4.69, 9.17) is 0 Å². The molecule has 0 radical (unpaired) electrons. The van der Waals surface area contributed by atoms with Crippen LogP contribution in [0.25, 0.3) is 0 Å². The van der Waals surface area contributed by atoms with E-state index in [1.165, 1.54) is 0 Å². The minimum atomic E-state index is -4.66.